The van der Waals surface area contributed by atoms with E-state index in [1.807, 2.05) is 5.32 Å². The van der Waals surface area contributed by atoms with Gasteiger partial charge in [-0.05, 0) is 62.2 Å². The lowest BCUT2D eigenvalue weighted by molar-refractivity contribution is -0.158. The number of rotatable bonds is 7. The van der Waals surface area contributed by atoms with Gasteiger partial charge in [0, 0.05) is 12.0 Å². The maximum atomic E-state index is 12.9. The zero-order valence-corrected chi connectivity index (χ0v) is 16.7. The largest absolute Gasteiger partial charge is 0.452 e. The Morgan fingerprint density at radius 1 is 1.04 bits per heavy atom. The molecule has 4 aliphatic rings. The summed E-state index contributed by atoms with van der Waals surface area (Å²) in [6.45, 7) is 3.59. The van der Waals surface area contributed by atoms with E-state index in [2.05, 4.69) is 5.32 Å². The van der Waals surface area contributed by atoms with E-state index < -0.39 is 24.0 Å². The van der Waals surface area contributed by atoms with Crippen LogP contribution < -0.4 is 16.4 Å². The minimum absolute atomic E-state index is 0.0226. The van der Waals surface area contributed by atoms with Crippen molar-refractivity contribution in [1.29, 1.82) is 0 Å². The Bertz CT molecular complexity index is 625. The van der Waals surface area contributed by atoms with E-state index in [1.165, 1.54) is 19.3 Å². The average molecular weight is 393 g/mol. The highest BCUT2D eigenvalue weighted by Crippen LogP contribution is 2.60. The van der Waals surface area contributed by atoms with Crippen LogP contribution in [0.15, 0.2) is 0 Å². The maximum Gasteiger partial charge on any atom is 0.318 e. The third-order valence-electron chi connectivity index (χ3n) is 6.50. The van der Waals surface area contributed by atoms with Gasteiger partial charge in [0.25, 0.3) is 5.91 Å². The molecule has 28 heavy (non-hydrogen) atoms. The Balaban J connectivity index is 1.46. The van der Waals surface area contributed by atoms with Crippen molar-refractivity contribution >= 4 is 23.8 Å². The van der Waals surface area contributed by atoms with Crippen LogP contribution in [0, 0.1) is 29.1 Å². The number of ether oxygens (including phenoxy) is 1. The molecule has 1 atom stereocenters. The zero-order chi connectivity index (χ0) is 20.5. The molecule has 0 aromatic heterocycles. The predicted octanol–water partition coefficient (Wildman–Crippen LogP) is 1.47. The fourth-order valence-corrected chi connectivity index (χ4v) is 5.74. The van der Waals surface area contributed by atoms with Gasteiger partial charge in [0.05, 0.1) is 6.42 Å². The molecular weight excluding hydrogens is 362 g/mol. The standard InChI is InChI=1S/C20H31N3O5/c1-11(2)16(17(25)23-19(21)27)28-15(24)3-4-22-18(26)20-8-12-5-13(9-20)7-14(6-12)10-20/h11-14,16H,3-10H2,1-2H3,(H,22,26)(H3,21,23,25,27)/t12?,13?,14?,16-,20?/m0/s1. The molecule has 156 valence electrons. The van der Waals surface area contributed by atoms with Crippen molar-refractivity contribution in [3.05, 3.63) is 0 Å². The van der Waals surface area contributed by atoms with Crippen LogP contribution in [0.3, 0.4) is 0 Å². The van der Waals surface area contributed by atoms with Crippen molar-refractivity contribution in [2.75, 3.05) is 6.54 Å². The molecule has 4 bridgehead atoms. The summed E-state index contributed by atoms with van der Waals surface area (Å²) in [5.41, 5.74) is 4.69. The molecule has 0 heterocycles. The molecule has 0 aliphatic heterocycles. The van der Waals surface area contributed by atoms with E-state index >= 15 is 0 Å². The Morgan fingerprint density at radius 3 is 2.04 bits per heavy atom. The molecule has 4 N–H and O–H groups in total. The van der Waals surface area contributed by atoms with Crippen molar-refractivity contribution in [3.63, 3.8) is 0 Å². The van der Waals surface area contributed by atoms with Gasteiger partial charge in [-0.2, -0.15) is 0 Å². The van der Waals surface area contributed by atoms with Crippen LogP contribution in [0.25, 0.3) is 0 Å². The normalized spacial score (nSPS) is 31.3. The first kappa shape index (κ1) is 20.6. The third kappa shape index (κ3) is 4.47. The number of hydrogen-bond donors (Lipinski definition) is 3. The minimum Gasteiger partial charge on any atom is -0.452 e. The first-order valence-electron chi connectivity index (χ1n) is 10.3. The van der Waals surface area contributed by atoms with E-state index in [4.69, 9.17) is 10.5 Å². The second-order valence-electron chi connectivity index (χ2n) is 9.21. The molecule has 0 aromatic carbocycles. The number of nitrogens with one attached hydrogen (secondary N) is 2. The van der Waals surface area contributed by atoms with Crippen molar-refractivity contribution < 1.29 is 23.9 Å². The molecule has 4 amide bonds. The second-order valence-corrected chi connectivity index (χ2v) is 9.21. The van der Waals surface area contributed by atoms with E-state index in [-0.39, 0.29) is 30.2 Å². The van der Waals surface area contributed by atoms with Crippen molar-refractivity contribution in [1.82, 2.24) is 10.6 Å². The summed E-state index contributed by atoms with van der Waals surface area (Å²) in [6, 6.07) is -0.991. The smallest absolute Gasteiger partial charge is 0.318 e. The van der Waals surface area contributed by atoms with Crippen LogP contribution >= 0.6 is 0 Å². The lowest BCUT2D eigenvalue weighted by Crippen LogP contribution is -2.53. The number of primary amides is 1. The van der Waals surface area contributed by atoms with Crippen LogP contribution in [0.2, 0.25) is 0 Å². The van der Waals surface area contributed by atoms with Crippen LogP contribution in [0.4, 0.5) is 4.79 Å². The van der Waals surface area contributed by atoms with Crippen LogP contribution in [-0.2, 0) is 19.1 Å². The molecule has 4 aliphatic carbocycles. The first-order valence-corrected chi connectivity index (χ1v) is 10.3. The first-order chi connectivity index (χ1) is 13.2. The number of hydrogen-bond acceptors (Lipinski definition) is 5. The zero-order valence-electron chi connectivity index (χ0n) is 16.7. The fraction of sp³-hybridized carbons (Fsp3) is 0.800. The molecule has 4 rings (SSSR count). The molecule has 4 saturated carbocycles. The van der Waals surface area contributed by atoms with Crippen molar-refractivity contribution in [3.8, 4) is 0 Å². The number of carbonyl (C=O) groups is 4. The van der Waals surface area contributed by atoms with Crippen molar-refractivity contribution in [2.24, 2.45) is 34.8 Å². The summed E-state index contributed by atoms with van der Waals surface area (Å²) in [6.07, 6.45) is 5.59. The highest BCUT2D eigenvalue weighted by atomic mass is 16.5. The lowest BCUT2D eigenvalue weighted by Gasteiger charge is -2.55. The average Bonchev–Trinajstić information content (AvgIpc) is 2.57. The SMILES string of the molecule is CC(C)[C@H](OC(=O)CCNC(=O)C12CC3CC(CC(C3)C1)C2)C(=O)NC(N)=O. The molecule has 0 saturated heterocycles. The number of carbonyl (C=O) groups excluding carboxylic acids is 4. The molecular formula is C20H31N3O5. The van der Waals surface area contributed by atoms with Crippen LogP contribution in [0.5, 0.6) is 0 Å². The summed E-state index contributed by atoms with van der Waals surface area (Å²) in [7, 11) is 0. The van der Waals surface area contributed by atoms with Gasteiger partial charge in [-0.25, -0.2) is 4.79 Å². The second kappa shape index (κ2) is 8.09. The summed E-state index contributed by atoms with van der Waals surface area (Å²) in [5, 5.41) is 4.85. The van der Waals surface area contributed by atoms with Crippen LogP contribution in [-0.4, -0.2) is 36.5 Å². The fourth-order valence-electron chi connectivity index (χ4n) is 5.74. The van der Waals surface area contributed by atoms with E-state index in [0.29, 0.717) is 17.8 Å². The Hall–Kier alpha value is -2.12. The van der Waals surface area contributed by atoms with Crippen molar-refractivity contribution in [2.45, 2.75) is 64.9 Å². The highest BCUT2D eigenvalue weighted by molar-refractivity contribution is 5.96. The summed E-state index contributed by atoms with van der Waals surface area (Å²) in [5.74, 6) is 0.446. The monoisotopic (exact) mass is 393 g/mol. The molecule has 8 heteroatoms. The lowest BCUT2D eigenvalue weighted by atomic mass is 9.49. The maximum absolute atomic E-state index is 12.9. The highest BCUT2D eigenvalue weighted by Gasteiger charge is 2.54. The number of urea groups is 1. The third-order valence-corrected chi connectivity index (χ3v) is 6.50. The topological polar surface area (TPSA) is 128 Å². The van der Waals surface area contributed by atoms with Gasteiger partial charge >= 0.3 is 12.0 Å². The van der Waals surface area contributed by atoms with E-state index in [0.717, 1.165) is 19.3 Å². The molecule has 0 spiro atoms. The number of imide groups is 1. The number of nitrogens with two attached hydrogens (primary N) is 1. The van der Waals surface area contributed by atoms with Gasteiger partial charge in [0.1, 0.15) is 0 Å². The molecule has 4 fully saturated rings. The summed E-state index contributed by atoms with van der Waals surface area (Å²) in [4.78, 5) is 47.7. The quantitative estimate of drug-likeness (QED) is 0.564. The molecule has 0 aromatic rings. The molecule has 0 unspecified atom stereocenters. The van der Waals surface area contributed by atoms with Gasteiger partial charge in [-0.15, -0.1) is 0 Å². The van der Waals surface area contributed by atoms with Gasteiger partial charge in [-0.3, -0.25) is 19.7 Å². The van der Waals surface area contributed by atoms with Crippen LogP contribution in [0.1, 0.15) is 58.8 Å². The van der Waals surface area contributed by atoms with Gasteiger partial charge in [-0.1, -0.05) is 13.8 Å². The summed E-state index contributed by atoms with van der Waals surface area (Å²) >= 11 is 0. The van der Waals surface area contributed by atoms with Gasteiger partial charge in [0.2, 0.25) is 5.91 Å². The predicted molar refractivity (Wildman–Crippen MR) is 101 cm³/mol. The van der Waals surface area contributed by atoms with E-state index in [9.17, 15) is 19.2 Å². The Morgan fingerprint density at radius 2 is 1.57 bits per heavy atom. The number of amides is 4. The summed E-state index contributed by atoms with van der Waals surface area (Å²) < 4.78 is 5.20. The Labute approximate surface area is 165 Å². The van der Waals surface area contributed by atoms with E-state index in [1.54, 1.807) is 13.8 Å². The molecule has 0 radical (unpaired) electrons. The van der Waals surface area contributed by atoms with Gasteiger partial charge in [0.15, 0.2) is 6.10 Å². The van der Waals surface area contributed by atoms with Gasteiger partial charge < -0.3 is 15.8 Å². The Kier molecular flexibility index (Phi) is 5.95. The minimum atomic E-state index is -1.10. The molecule has 8 nitrogen and oxygen atoms in total. The number of esters is 1.